The number of halogens is 1. The molecule has 1 unspecified atom stereocenters. The lowest BCUT2D eigenvalue weighted by Crippen LogP contribution is -2.43. The van der Waals surface area contributed by atoms with Gasteiger partial charge in [0.25, 0.3) is 0 Å². The summed E-state index contributed by atoms with van der Waals surface area (Å²) in [7, 11) is 3.24. The van der Waals surface area contributed by atoms with Crippen LogP contribution in [0.15, 0.2) is 53.5 Å². The highest BCUT2D eigenvalue weighted by atomic mass is 35.5. The molecule has 0 saturated carbocycles. The Morgan fingerprint density at radius 1 is 1.26 bits per heavy atom. The van der Waals surface area contributed by atoms with Gasteiger partial charge in [-0.2, -0.15) is 0 Å². The number of ether oxygens (including phenoxy) is 1. The van der Waals surface area contributed by atoms with E-state index in [4.69, 9.17) is 16.3 Å². The summed E-state index contributed by atoms with van der Waals surface area (Å²) < 4.78 is 5.13. The number of thioether (sulfide) groups is 1. The minimum atomic E-state index is -0.582. The third-order valence-electron chi connectivity index (χ3n) is 3.99. The van der Waals surface area contributed by atoms with Gasteiger partial charge >= 0.3 is 0 Å². The first-order valence-corrected chi connectivity index (χ1v) is 9.45. The Hall–Kier alpha value is -2.51. The molecule has 0 radical (unpaired) electrons. The molecule has 1 fully saturated rings. The van der Waals surface area contributed by atoms with Crippen molar-refractivity contribution in [1.29, 1.82) is 0 Å². The highest BCUT2D eigenvalue weighted by molar-refractivity contribution is 8.15. The van der Waals surface area contributed by atoms with Crippen LogP contribution in [0.1, 0.15) is 6.42 Å². The predicted octanol–water partition coefficient (Wildman–Crippen LogP) is 3.94. The van der Waals surface area contributed by atoms with Crippen molar-refractivity contribution in [1.82, 2.24) is 4.90 Å². The summed E-state index contributed by atoms with van der Waals surface area (Å²) in [4.78, 5) is 30.9. The Bertz CT molecular complexity index is 886. The van der Waals surface area contributed by atoms with Crippen LogP contribution in [-0.4, -0.2) is 41.3 Å². The van der Waals surface area contributed by atoms with Gasteiger partial charge in [-0.3, -0.25) is 14.5 Å². The third kappa shape index (κ3) is 4.61. The van der Waals surface area contributed by atoms with E-state index < -0.39 is 5.25 Å². The van der Waals surface area contributed by atoms with E-state index in [0.717, 1.165) is 5.75 Å². The number of rotatable bonds is 4. The van der Waals surface area contributed by atoms with E-state index in [9.17, 15) is 9.59 Å². The lowest BCUT2D eigenvalue weighted by Gasteiger charge is -2.28. The molecule has 0 bridgehead atoms. The number of amides is 2. The molecule has 1 heterocycles. The van der Waals surface area contributed by atoms with E-state index in [2.05, 4.69) is 10.3 Å². The molecule has 8 heteroatoms. The highest BCUT2D eigenvalue weighted by Crippen LogP contribution is 2.30. The third-order valence-corrected chi connectivity index (χ3v) is 5.56. The van der Waals surface area contributed by atoms with Gasteiger partial charge in [0.1, 0.15) is 11.0 Å². The summed E-state index contributed by atoms with van der Waals surface area (Å²) >= 11 is 7.34. The maximum Gasteiger partial charge on any atom is 0.238 e. The number of carbonyl (C=O) groups excluding carboxylic acids is 2. The van der Waals surface area contributed by atoms with Crippen molar-refractivity contribution in [2.75, 3.05) is 19.5 Å². The zero-order chi connectivity index (χ0) is 19.4. The number of hydrogen-bond donors (Lipinski definition) is 1. The molecule has 1 N–H and O–H groups in total. The topological polar surface area (TPSA) is 71.0 Å². The minimum absolute atomic E-state index is 0.0963. The monoisotopic (exact) mass is 403 g/mol. The van der Waals surface area contributed by atoms with Crippen molar-refractivity contribution in [3.05, 3.63) is 53.6 Å². The summed E-state index contributed by atoms with van der Waals surface area (Å²) in [6.45, 7) is 0. The second kappa shape index (κ2) is 8.45. The van der Waals surface area contributed by atoms with E-state index in [0.29, 0.717) is 21.6 Å². The van der Waals surface area contributed by atoms with Gasteiger partial charge in [-0.25, -0.2) is 4.99 Å². The van der Waals surface area contributed by atoms with E-state index in [1.54, 1.807) is 62.7 Å². The van der Waals surface area contributed by atoms with E-state index in [-0.39, 0.29) is 18.2 Å². The maximum atomic E-state index is 12.6. The average Bonchev–Trinajstić information content (AvgIpc) is 2.67. The van der Waals surface area contributed by atoms with Crippen LogP contribution >= 0.6 is 23.4 Å². The van der Waals surface area contributed by atoms with E-state index in [1.807, 2.05) is 0 Å². The fraction of sp³-hybridized carbons (Fsp3) is 0.211. The van der Waals surface area contributed by atoms with Gasteiger partial charge in [-0.05, 0) is 36.4 Å². The molecule has 27 heavy (non-hydrogen) atoms. The lowest BCUT2D eigenvalue weighted by atomic mass is 10.2. The standard InChI is InChI=1S/C19H18ClN3O3S/c1-23-17(24)11-16(18(25)22-15-6-4-3-5-14(15)20)27-19(23)21-12-7-9-13(26-2)10-8-12/h3-10,16H,11H2,1-2H3,(H,22,25). The number of hydrogen-bond acceptors (Lipinski definition) is 5. The molecule has 1 saturated heterocycles. The van der Waals surface area contributed by atoms with Crippen LogP contribution in [0.5, 0.6) is 5.75 Å². The molecule has 6 nitrogen and oxygen atoms in total. The van der Waals surface area contributed by atoms with Crippen LogP contribution in [0.4, 0.5) is 11.4 Å². The fourth-order valence-electron chi connectivity index (χ4n) is 2.44. The molecular formula is C19H18ClN3O3S. The van der Waals surface area contributed by atoms with Gasteiger partial charge in [0, 0.05) is 13.5 Å². The molecule has 0 aromatic heterocycles. The van der Waals surface area contributed by atoms with Crippen molar-refractivity contribution >= 4 is 51.7 Å². The van der Waals surface area contributed by atoms with Crippen LogP contribution in [-0.2, 0) is 9.59 Å². The fourth-order valence-corrected chi connectivity index (χ4v) is 3.69. The van der Waals surface area contributed by atoms with Crippen molar-refractivity contribution in [3.8, 4) is 5.75 Å². The molecule has 0 aliphatic carbocycles. The first kappa shape index (κ1) is 19.3. The summed E-state index contributed by atoms with van der Waals surface area (Å²) in [5, 5.41) is 3.11. The largest absolute Gasteiger partial charge is 0.497 e. The Labute approximate surface area is 166 Å². The Morgan fingerprint density at radius 3 is 2.63 bits per heavy atom. The molecule has 1 aliphatic rings. The molecule has 1 atom stereocenters. The van der Waals surface area contributed by atoms with Gasteiger partial charge in [0.2, 0.25) is 11.8 Å². The second-order valence-corrected chi connectivity index (χ2v) is 7.40. The van der Waals surface area contributed by atoms with Crippen LogP contribution < -0.4 is 10.1 Å². The molecule has 2 amide bonds. The molecular weight excluding hydrogens is 386 g/mol. The van der Waals surface area contributed by atoms with Gasteiger partial charge in [0.05, 0.1) is 23.5 Å². The zero-order valence-electron chi connectivity index (χ0n) is 14.8. The quantitative estimate of drug-likeness (QED) is 0.839. The van der Waals surface area contributed by atoms with E-state index in [1.165, 1.54) is 16.7 Å². The Morgan fingerprint density at radius 2 is 1.96 bits per heavy atom. The van der Waals surface area contributed by atoms with Crippen LogP contribution in [0.2, 0.25) is 5.02 Å². The van der Waals surface area contributed by atoms with Crippen molar-refractivity contribution in [2.24, 2.45) is 4.99 Å². The molecule has 140 valence electrons. The number of methoxy groups -OCH3 is 1. The summed E-state index contributed by atoms with van der Waals surface area (Å²) in [6.07, 6.45) is 0.0963. The Kier molecular flexibility index (Phi) is 6.03. The molecule has 3 rings (SSSR count). The number of nitrogens with one attached hydrogen (secondary N) is 1. The second-order valence-electron chi connectivity index (χ2n) is 5.82. The minimum Gasteiger partial charge on any atom is -0.497 e. The van der Waals surface area contributed by atoms with Crippen LogP contribution in [0, 0.1) is 0 Å². The average molecular weight is 404 g/mol. The first-order valence-electron chi connectivity index (χ1n) is 8.19. The zero-order valence-corrected chi connectivity index (χ0v) is 16.4. The number of carbonyl (C=O) groups is 2. The van der Waals surface area contributed by atoms with Crippen molar-refractivity contribution < 1.29 is 14.3 Å². The normalized spacial score (nSPS) is 18.5. The molecule has 1 aliphatic heterocycles. The van der Waals surface area contributed by atoms with Gasteiger partial charge < -0.3 is 10.1 Å². The Balaban J connectivity index is 1.78. The molecule has 2 aromatic carbocycles. The number of para-hydroxylation sites is 1. The lowest BCUT2D eigenvalue weighted by molar-refractivity contribution is -0.128. The molecule has 0 spiro atoms. The predicted molar refractivity (Wildman–Crippen MR) is 109 cm³/mol. The smallest absolute Gasteiger partial charge is 0.238 e. The molecule has 2 aromatic rings. The van der Waals surface area contributed by atoms with Crippen molar-refractivity contribution in [3.63, 3.8) is 0 Å². The van der Waals surface area contributed by atoms with E-state index >= 15 is 0 Å². The van der Waals surface area contributed by atoms with Crippen LogP contribution in [0.25, 0.3) is 0 Å². The van der Waals surface area contributed by atoms with Gasteiger partial charge in [-0.15, -0.1) is 0 Å². The number of amidine groups is 1. The number of nitrogens with zero attached hydrogens (tertiary/aromatic N) is 2. The van der Waals surface area contributed by atoms with Crippen molar-refractivity contribution in [2.45, 2.75) is 11.7 Å². The number of anilines is 1. The van der Waals surface area contributed by atoms with Crippen LogP contribution in [0.3, 0.4) is 0 Å². The van der Waals surface area contributed by atoms with Gasteiger partial charge in [0.15, 0.2) is 5.17 Å². The highest BCUT2D eigenvalue weighted by Gasteiger charge is 2.34. The summed E-state index contributed by atoms with van der Waals surface area (Å²) in [5.74, 6) is 0.272. The summed E-state index contributed by atoms with van der Waals surface area (Å²) in [6, 6.07) is 14.1. The number of aliphatic imine (C=N–C) groups is 1. The first-order chi connectivity index (χ1) is 13.0. The number of benzene rings is 2. The maximum absolute atomic E-state index is 12.6. The van der Waals surface area contributed by atoms with Gasteiger partial charge in [-0.1, -0.05) is 35.5 Å². The summed E-state index contributed by atoms with van der Waals surface area (Å²) in [5.41, 5.74) is 1.19. The SMILES string of the molecule is COc1ccc(N=C2SC(C(=O)Nc3ccccc3Cl)CC(=O)N2C)cc1.